The van der Waals surface area contributed by atoms with Gasteiger partial charge in [0.1, 0.15) is 6.04 Å². The quantitative estimate of drug-likeness (QED) is 0.330. The zero-order chi connectivity index (χ0) is 15.8. The number of carboxylic acids is 1. The van der Waals surface area contributed by atoms with Crippen molar-refractivity contribution in [3.8, 4) is 0 Å². The number of nitro groups is 1. The van der Waals surface area contributed by atoms with Gasteiger partial charge in [-0.2, -0.15) is 0 Å². The van der Waals surface area contributed by atoms with Crippen molar-refractivity contribution in [1.29, 1.82) is 0 Å². The predicted molar refractivity (Wildman–Crippen MR) is 76.0 cm³/mol. The van der Waals surface area contributed by atoms with Crippen molar-refractivity contribution in [3.05, 3.63) is 52.6 Å². The van der Waals surface area contributed by atoms with E-state index in [1.807, 2.05) is 0 Å². The number of carbonyl (C=O) groups is 2. The number of hydrogen-bond acceptors (Lipinski definition) is 4. The Morgan fingerprint density at radius 1 is 1.48 bits per heavy atom. The van der Waals surface area contributed by atoms with E-state index in [-0.39, 0.29) is 17.7 Å². The van der Waals surface area contributed by atoms with Crippen LogP contribution in [0.1, 0.15) is 29.6 Å². The number of nitrogens with one attached hydrogen (secondary N) is 1. The predicted octanol–water partition coefficient (Wildman–Crippen LogP) is 2.13. The second-order valence-corrected chi connectivity index (χ2v) is 4.39. The molecule has 1 rings (SSSR count). The minimum Gasteiger partial charge on any atom is -0.480 e. The lowest BCUT2D eigenvalue weighted by molar-refractivity contribution is -0.384. The van der Waals surface area contributed by atoms with Crippen molar-refractivity contribution < 1.29 is 19.6 Å². The fraction of sp³-hybridized carbons (Fsp3) is 0.286. The van der Waals surface area contributed by atoms with Crippen LogP contribution in [0.3, 0.4) is 0 Å². The molecule has 0 radical (unpaired) electrons. The van der Waals surface area contributed by atoms with E-state index in [1.54, 1.807) is 6.08 Å². The van der Waals surface area contributed by atoms with E-state index >= 15 is 0 Å². The van der Waals surface area contributed by atoms with Crippen LogP contribution in [0.25, 0.3) is 0 Å². The molecule has 1 atom stereocenters. The number of unbranched alkanes of at least 4 members (excludes halogenated alkanes) is 1. The molecule has 0 bridgehead atoms. The maximum Gasteiger partial charge on any atom is 0.326 e. The number of nitro benzene ring substituents is 1. The molecule has 7 nitrogen and oxygen atoms in total. The van der Waals surface area contributed by atoms with Gasteiger partial charge in [0, 0.05) is 17.7 Å². The van der Waals surface area contributed by atoms with Crippen molar-refractivity contribution >= 4 is 17.6 Å². The second kappa shape index (κ2) is 7.78. The van der Waals surface area contributed by atoms with E-state index in [4.69, 9.17) is 5.11 Å². The van der Waals surface area contributed by atoms with Gasteiger partial charge in [-0.3, -0.25) is 14.9 Å². The fourth-order valence-electron chi connectivity index (χ4n) is 1.73. The molecule has 1 aromatic rings. The number of carboxylic acid groups (broad SMARTS) is 1. The Morgan fingerprint density at radius 3 is 2.76 bits per heavy atom. The van der Waals surface area contributed by atoms with Crippen molar-refractivity contribution in [1.82, 2.24) is 5.32 Å². The average molecular weight is 292 g/mol. The summed E-state index contributed by atoms with van der Waals surface area (Å²) in [4.78, 5) is 33.1. The summed E-state index contributed by atoms with van der Waals surface area (Å²) >= 11 is 0. The number of allylic oxidation sites excluding steroid dienone is 1. The van der Waals surface area contributed by atoms with E-state index < -0.39 is 22.8 Å². The highest BCUT2D eigenvalue weighted by atomic mass is 16.6. The Hall–Kier alpha value is -2.70. The van der Waals surface area contributed by atoms with Crippen molar-refractivity contribution in [2.24, 2.45) is 0 Å². The summed E-state index contributed by atoms with van der Waals surface area (Å²) in [5.41, 5.74) is -0.166. The van der Waals surface area contributed by atoms with Crippen LogP contribution < -0.4 is 5.32 Å². The lowest BCUT2D eigenvalue weighted by Crippen LogP contribution is -2.40. The van der Waals surface area contributed by atoms with Crippen LogP contribution >= 0.6 is 0 Å². The maximum absolute atomic E-state index is 11.9. The number of nitrogens with zero attached hydrogens (tertiary/aromatic N) is 1. The average Bonchev–Trinajstić information content (AvgIpc) is 2.46. The van der Waals surface area contributed by atoms with Gasteiger partial charge in [-0.15, -0.1) is 6.58 Å². The molecule has 0 saturated heterocycles. The first kappa shape index (κ1) is 16.4. The third-order valence-corrected chi connectivity index (χ3v) is 2.82. The molecule has 7 heteroatoms. The Bertz CT molecular complexity index is 556. The molecule has 0 aliphatic carbocycles. The summed E-state index contributed by atoms with van der Waals surface area (Å²) in [6.07, 6.45) is 3.16. The lowest BCUT2D eigenvalue weighted by Gasteiger charge is -2.14. The van der Waals surface area contributed by atoms with Crippen LogP contribution in [-0.4, -0.2) is 27.9 Å². The van der Waals surface area contributed by atoms with Crippen molar-refractivity contribution in [2.45, 2.75) is 25.3 Å². The molecule has 0 spiro atoms. The van der Waals surface area contributed by atoms with Gasteiger partial charge in [0.15, 0.2) is 0 Å². The fourth-order valence-corrected chi connectivity index (χ4v) is 1.73. The second-order valence-electron chi connectivity index (χ2n) is 4.39. The highest BCUT2D eigenvalue weighted by Crippen LogP contribution is 2.13. The number of amides is 1. The Morgan fingerprint density at radius 2 is 2.19 bits per heavy atom. The van der Waals surface area contributed by atoms with E-state index in [1.165, 1.54) is 18.2 Å². The third kappa shape index (κ3) is 5.06. The molecule has 21 heavy (non-hydrogen) atoms. The topological polar surface area (TPSA) is 110 Å². The van der Waals surface area contributed by atoms with Crippen LogP contribution in [0.5, 0.6) is 0 Å². The molecular formula is C14H16N2O5. The monoisotopic (exact) mass is 292 g/mol. The molecule has 1 amide bonds. The molecule has 1 aromatic carbocycles. The van der Waals surface area contributed by atoms with Gasteiger partial charge >= 0.3 is 5.97 Å². The largest absolute Gasteiger partial charge is 0.480 e. The van der Waals surface area contributed by atoms with Crippen LogP contribution in [0.15, 0.2) is 36.9 Å². The number of carbonyl (C=O) groups excluding carboxylic acids is 1. The minimum atomic E-state index is -1.14. The van der Waals surface area contributed by atoms with E-state index in [9.17, 15) is 19.7 Å². The smallest absolute Gasteiger partial charge is 0.326 e. The van der Waals surface area contributed by atoms with Crippen LogP contribution in [-0.2, 0) is 4.79 Å². The van der Waals surface area contributed by atoms with Gasteiger partial charge in [0.05, 0.1) is 4.92 Å². The van der Waals surface area contributed by atoms with E-state index in [0.29, 0.717) is 12.8 Å². The summed E-state index contributed by atoms with van der Waals surface area (Å²) in [7, 11) is 0. The number of hydrogen-bond donors (Lipinski definition) is 2. The summed E-state index contributed by atoms with van der Waals surface area (Å²) < 4.78 is 0. The van der Waals surface area contributed by atoms with Gasteiger partial charge in [-0.25, -0.2) is 4.79 Å². The highest BCUT2D eigenvalue weighted by Gasteiger charge is 2.21. The summed E-state index contributed by atoms with van der Waals surface area (Å²) in [5.74, 6) is -1.79. The Balaban J connectivity index is 2.77. The zero-order valence-electron chi connectivity index (χ0n) is 11.3. The number of benzene rings is 1. The molecule has 0 aliphatic heterocycles. The van der Waals surface area contributed by atoms with E-state index in [2.05, 4.69) is 11.9 Å². The summed E-state index contributed by atoms with van der Waals surface area (Å²) in [6, 6.07) is 4.11. The van der Waals surface area contributed by atoms with Crippen LogP contribution in [0, 0.1) is 10.1 Å². The van der Waals surface area contributed by atoms with Crippen LogP contribution in [0.4, 0.5) is 5.69 Å². The molecule has 2 N–H and O–H groups in total. The van der Waals surface area contributed by atoms with Crippen molar-refractivity contribution in [3.63, 3.8) is 0 Å². The number of aliphatic carboxylic acids is 1. The van der Waals surface area contributed by atoms with Crippen LogP contribution in [0.2, 0.25) is 0 Å². The van der Waals surface area contributed by atoms with E-state index in [0.717, 1.165) is 6.07 Å². The standard InChI is InChI=1S/C14H16N2O5/c1-2-3-4-8-12(14(18)19)15-13(17)10-6-5-7-11(9-10)16(20)21/h2,5-7,9,12H,1,3-4,8H2,(H,15,17)(H,18,19)/t12-/m1/s1. The van der Waals surface area contributed by atoms with Gasteiger partial charge in [0.2, 0.25) is 0 Å². The Kier molecular flexibility index (Phi) is 6.06. The molecule has 0 fully saturated rings. The summed E-state index contributed by atoms with van der Waals surface area (Å²) in [6.45, 7) is 3.54. The molecule has 0 saturated carbocycles. The van der Waals surface area contributed by atoms with Gasteiger partial charge in [0.25, 0.3) is 11.6 Å². The van der Waals surface area contributed by atoms with Crippen molar-refractivity contribution in [2.75, 3.05) is 0 Å². The SMILES string of the molecule is C=CCCC[C@@H](NC(=O)c1cccc([N+](=O)[O-])c1)C(=O)O. The first-order chi connectivity index (χ1) is 9.95. The maximum atomic E-state index is 11.9. The molecule has 0 aromatic heterocycles. The molecule has 0 aliphatic rings. The van der Waals surface area contributed by atoms with Gasteiger partial charge in [-0.1, -0.05) is 12.1 Å². The zero-order valence-corrected chi connectivity index (χ0v) is 11.3. The minimum absolute atomic E-state index is 0.0548. The first-order valence-corrected chi connectivity index (χ1v) is 6.34. The Labute approximate surface area is 121 Å². The molecule has 112 valence electrons. The third-order valence-electron chi connectivity index (χ3n) is 2.82. The molecular weight excluding hydrogens is 276 g/mol. The highest BCUT2D eigenvalue weighted by molar-refractivity contribution is 5.97. The number of rotatable bonds is 8. The van der Waals surface area contributed by atoms with Gasteiger partial charge < -0.3 is 10.4 Å². The molecule has 0 heterocycles. The first-order valence-electron chi connectivity index (χ1n) is 6.34. The van der Waals surface area contributed by atoms with Gasteiger partial charge in [-0.05, 0) is 25.3 Å². The molecule has 0 unspecified atom stereocenters. The lowest BCUT2D eigenvalue weighted by atomic mass is 10.1. The number of non-ortho nitro benzene ring substituents is 1. The normalized spacial score (nSPS) is 11.4. The summed E-state index contributed by atoms with van der Waals surface area (Å²) in [5, 5.41) is 22.1.